The molecule has 13 heavy (non-hydrogen) atoms. The summed E-state index contributed by atoms with van der Waals surface area (Å²) in [6.45, 7) is 0.393. The molecule has 0 saturated heterocycles. The van der Waals surface area contributed by atoms with Gasteiger partial charge in [-0.25, -0.2) is 0 Å². The molecule has 2 N–H and O–H groups in total. The van der Waals surface area contributed by atoms with E-state index in [0.29, 0.717) is 18.3 Å². The molecule has 4 nitrogen and oxygen atoms in total. The molecule has 72 valence electrons. The lowest BCUT2D eigenvalue weighted by molar-refractivity contribution is -0.120. The van der Waals surface area contributed by atoms with Gasteiger partial charge in [0.25, 0.3) is 0 Å². The van der Waals surface area contributed by atoms with Crippen molar-refractivity contribution in [3.8, 4) is 0 Å². The van der Waals surface area contributed by atoms with Gasteiger partial charge in [-0.15, -0.1) is 0 Å². The van der Waals surface area contributed by atoms with Crippen LogP contribution in [0.1, 0.15) is 12.1 Å². The van der Waals surface area contributed by atoms with E-state index >= 15 is 0 Å². The molecule has 1 rings (SSSR count). The lowest BCUT2D eigenvalue weighted by atomic mass is 10.4. The minimum atomic E-state index is -0.0928. The van der Waals surface area contributed by atoms with Crippen LogP contribution in [-0.2, 0) is 11.3 Å². The molecule has 0 aliphatic carbocycles. The summed E-state index contributed by atoms with van der Waals surface area (Å²) in [7, 11) is 0. The number of thiazole rings is 1. The highest BCUT2D eigenvalue weighted by Crippen LogP contribution is 1.95. The molecule has 1 aromatic heterocycles. The summed E-state index contributed by atoms with van der Waals surface area (Å²) >= 11 is 4.26. The molecular weight excluding hydrogens is 256 g/mol. The van der Waals surface area contributed by atoms with E-state index in [1.807, 2.05) is 0 Å². The Morgan fingerprint density at radius 1 is 1.69 bits per heavy atom. The number of aromatic nitrogens is 1. The van der Waals surface area contributed by atoms with Crippen LogP contribution in [0.4, 0.5) is 0 Å². The van der Waals surface area contributed by atoms with E-state index in [4.69, 9.17) is 0 Å². The number of aromatic amines is 1. The van der Waals surface area contributed by atoms with Gasteiger partial charge in [-0.3, -0.25) is 9.59 Å². The van der Waals surface area contributed by atoms with E-state index in [1.165, 1.54) is 0 Å². The molecule has 0 spiro atoms. The Morgan fingerprint density at radius 2 is 2.46 bits per heavy atom. The number of halogens is 1. The first-order chi connectivity index (χ1) is 6.22. The number of nitrogens with one attached hydrogen (secondary N) is 2. The van der Waals surface area contributed by atoms with Gasteiger partial charge in [0.15, 0.2) is 0 Å². The van der Waals surface area contributed by atoms with E-state index in [2.05, 4.69) is 26.2 Å². The van der Waals surface area contributed by atoms with Gasteiger partial charge in [0, 0.05) is 22.8 Å². The van der Waals surface area contributed by atoms with Crippen molar-refractivity contribution in [1.82, 2.24) is 10.3 Å². The molecule has 1 amide bonds. The quantitative estimate of drug-likeness (QED) is 0.792. The lowest BCUT2D eigenvalue weighted by Gasteiger charge is -2.00. The zero-order chi connectivity index (χ0) is 9.68. The summed E-state index contributed by atoms with van der Waals surface area (Å²) in [6, 6.07) is 0. The van der Waals surface area contributed by atoms with E-state index < -0.39 is 0 Å². The minimum absolute atomic E-state index is 0.0241. The molecule has 0 unspecified atom stereocenters. The highest BCUT2D eigenvalue weighted by atomic mass is 79.9. The molecule has 0 bridgehead atoms. The Morgan fingerprint density at radius 3 is 3.00 bits per heavy atom. The third-order valence-electron chi connectivity index (χ3n) is 1.37. The van der Waals surface area contributed by atoms with E-state index in [0.717, 1.165) is 17.0 Å². The number of rotatable bonds is 4. The zero-order valence-electron chi connectivity index (χ0n) is 6.80. The van der Waals surface area contributed by atoms with Crippen molar-refractivity contribution in [3.63, 3.8) is 0 Å². The molecule has 0 fully saturated rings. The van der Waals surface area contributed by atoms with Crippen LogP contribution in [0.5, 0.6) is 0 Å². The molecule has 0 aromatic carbocycles. The maximum Gasteiger partial charge on any atom is 0.304 e. The molecule has 0 aliphatic heterocycles. The van der Waals surface area contributed by atoms with Crippen LogP contribution in [0, 0.1) is 0 Å². The van der Waals surface area contributed by atoms with Crippen LogP contribution >= 0.6 is 27.3 Å². The standard InChI is InChI=1S/C7H9BrN2O2S/c8-2-1-6(11)9-3-5-4-13-7(12)10-5/h4H,1-3H2,(H,9,11)(H,10,12). The maximum atomic E-state index is 11.0. The van der Waals surface area contributed by atoms with Crippen molar-refractivity contribution in [1.29, 1.82) is 0 Å². The second kappa shape index (κ2) is 5.18. The Labute approximate surface area is 87.5 Å². The van der Waals surface area contributed by atoms with Crippen LogP contribution in [0.15, 0.2) is 10.2 Å². The number of alkyl halides is 1. The summed E-state index contributed by atoms with van der Waals surface area (Å²) < 4.78 is 0. The fourth-order valence-electron chi connectivity index (χ4n) is 0.769. The van der Waals surface area contributed by atoms with E-state index in [1.54, 1.807) is 5.38 Å². The van der Waals surface area contributed by atoms with Crippen LogP contribution < -0.4 is 10.2 Å². The number of amides is 1. The van der Waals surface area contributed by atoms with Crippen molar-refractivity contribution < 1.29 is 4.79 Å². The summed E-state index contributed by atoms with van der Waals surface area (Å²) in [4.78, 5) is 24.2. The van der Waals surface area contributed by atoms with Crippen molar-refractivity contribution in [2.75, 3.05) is 5.33 Å². The Balaban J connectivity index is 2.35. The molecular formula is C7H9BrN2O2S. The number of H-pyrrole nitrogens is 1. The topological polar surface area (TPSA) is 62.0 Å². The molecule has 1 aromatic rings. The van der Waals surface area contributed by atoms with Crippen molar-refractivity contribution in [2.24, 2.45) is 0 Å². The first-order valence-corrected chi connectivity index (χ1v) is 5.72. The van der Waals surface area contributed by atoms with Gasteiger partial charge in [-0.2, -0.15) is 0 Å². The molecule has 1 heterocycles. The zero-order valence-corrected chi connectivity index (χ0v) is 9.20. The summed E-state index contributed by atoms with van der Waals surface area (Å²) in [5.74, 6) is -0.0241. The monoisotopic (exact) mass is 264 g/mol. The number of carbonyl (C=O) groups excluding carboxylic acids is 1. The summed E-state index contributed by atoms with van der Waals surface area (Å²) in [6.07, 6.45) is 0.453. The van der Waals surface area contributed by atoms with E-state index in [-0.39, 0.29) is 10.8 Å². The van der Waals surface area contributed by atoms with Crippen molar-refractivity contribution in [2.45, 2.75) is 13.0 Å². The fraction of sp³-hybridized carbons (Fsp3) is 0.429. The molecule has 0 atom stereocenters. The SMILES string of the molecule is O=C(CCBr)NCc1csc(=O)[nH]1. The third kappa shape index (κ3) is 3.73. The fourth-order valence-corrected chi connectivity index (χ4v) is 1.71. The first-order valence-electron chi connectivity index (χ1n) is 3.71. The predicted molar refractivity (Wildman–Crippen MR) is 55.2 cm³/mol. The normalized spacial score (nSPS) is 9.92. The Kier molecular flexibility index (Phi) is 4.17. The van der Waals surface area contributed by atoms with Crippen molar-refractivity contribution in [3.05, 3.63) is 20.7 Å². The third-order valence-corrected chi connectivity index (χ3v) is 2.48. The Bertz CT molecular complexity index is 333. The second-order valence-electron chi connectivity index (χ2n) is 2.39. The predicted octanol–water partition coefficient (Wildman–Crippen LogP) is 0.838. The highest BCUT2D eigenvalue weighted by molar-refractivity contribution is 9.09. The van der Waals surface area contributed by atoms with E-state index in [9.17, 15) is 9.59 Å². The van der Waals surface area contributed by atoms with Crippen LogP contribution in [0.3, 0.4) is 0 Å². The maximum absolute atomic E-state index is 11.0. The highest BCUT2D eigenvalue weighted by Gasteiger charge is 2.00. The van der Waals surface area contributed by atoms with Gasteiger partial charge in [0.2, 0.25) is 5.91 Å². The summed E-state index contributed by atoms with van der Waals surface area (Å²) in [5, 5.41) is 5.04. The van der Waals surface area contributed by atoms with Gasteiger partial charge < -0.3 is 10.3 Å². The van der Waals surface area contributed by atoms with Gasteiger partial charge in [0.05, 0.1) is 6.54 Å². The molecule has 6 heteroatoms. The Hall–Kier alpha value is -0.620. The second-order valence-corrected chi connectivity index (χ2v) is 4.02. The number of hydrogen-bond donors (Lipinski definition) is 2. The molecule has 0 saturated carbocycles. The largest absolute Gasteiger partial charge is 0.350 e. The molecule has 0 radical (unpaired) electrons. The van der Waals surface area contributed by atoms with Crippen molar-refractivity contribution >= 4 is 33.2 Å². The number of hydrogen-bond acceptors (Lipinski definition) is 3. The smallest absolute Gasteiger partial charge is 0.304 e. The lowest BCUT2D eigenvalue weighted by Crippen LogP contribution is -2.23. The minimum Gasteiger partial charge on any atom is -0.350 e. The number of carbonyl (C=O) groups is 1. The summed E-state index contributed by atoms with van der Waals surface area (Å²) in [5.41, 5.74) is 0.748. The average molecular weight is 265 g/mol. The van der Waals surface area contributed by atoms with Gasteiger partial charge in [-0.1, -0.05) is 27.3 Å². The van der Waals surface area contributed by atoms with Gasteiger partial charge >= 0.3 is 4.87 Å². The van der Waals surface area contributed by atoms with Crippen LogP contribution in [0.25, 0.3) is 0 Å². The molecule has 0 aliphatic rings. The van der Waals surface area contributed by atoms with Crippen LogP contribution in [-0.4, -0.2) is 16.2 Å². The van der Waals surface area contributed by atoms with Crippen LogP contribution in [0.2, 0.25) is 0 Å². The average Bonchev–Trinajstić information content (AvgIpc) is 2.49. The van der Waals surface area contributed by atoms with Gasteiger partial charge in [-0.05, 0) is 0 Å². The first kappa shape index (κ1) is 10.5. The van der Waals surface area contributed by atoms with Gasteiger partial charge in [0.1, 0.15) is 0 Å².